The summed E-state index contributed by atoms with van der Waals surface area (Å²) in [5, 5.41) is 6.46. The Morgan fingerprint density at radius 1 is 0.947 bits per heavy atom. The van der Waals surface area contributed by atoms with Crippen LogP contribution in [0.25, 0.3) is 0 Å². The van der Waals surface area contributed by atoms with Crippen LogP contribution < -0.4 is 10.6 Å². The first-order chi connectivity index (χ1) is 8.75. The zero-order valence-corrected chi connectivity index (χ0v) is 13.8. The molecular weight excluding hydrogens is 236 g/mol. The molecule has 19 heavy (non-hydrogen) atoms. The Balaban J connectivity index is 3.47. The third-order valence-corrected chi connectivity index (χ3v) is 3.65. The second-order valence-electron chi connectivity index (χ2n) is 6.90. The van der Waals surface area contributed by atoms with Crippen LogP contribution >= 0.6 is 0 Å². The minimum atomic E-state index is 0.0482. The van der Waals surface area contributed by atoms with Crippen molar-refractivity contribution in [2.75, 3.05) is 13.1 Å². The van der Waals surface area contributed by atoms with E-state index in [1.807, 2.05) is 6.92 Å². The highest BCUT2D eigenvalue weighted by molar-refractivity contribution is 5.78. The maximum absolute atomic E-state index is 11.9. The highest BCUT2D eigenvalue weighted by atomic mass is 16.1. The Morgan fingerprint density at radius 3 is 1.95 bits per heavy atom. The van der Waals surface area contributed by atoms with Crippen molar-refractivity contribution in [2.45, 2.75) is 73.3 Å². The number of hydrogen-bond donors (Lipinski definition) is 2. The number of nitrogens with one attached hydrogen (secondary N) is 2. The van der Waals surface area contributed by atoms with E-state index in [1.54, 1.807) is 0 Å². The van der Waals surface area contributed by atoms with E-state index in [0.29, 0.717) is 6.04 Å². The smallest absolute Gasteiger partial charge is 0.223 e. The Bertz CT molecular complexity index is 244. The van der Waals surface area contributed by atoms with Crippen LogP contribution in [0.1, 0.15) is 67.2 Å². The molecule has 0 aromatic carbocycles. The Hall–Kier alpha value is -0.570. The number of unbranched alkanes of at least 4 members (excludes halogenated alkanes) is 3. The van der Waals surface area contributed by atoms with Crippen LogP contribution in [0.3, 0.4) is 0 Å². The topological polar surface area (TPSA) is 41.1 Å². The predicted octanol–water partition coefficient (Wildman–Crippen LogP) is 3.34. The van der Waals surface area contributed by atoms with Gasteiger partial charge in [-0.05, 0) is 24.8 Å². The first kappa shape index (κ1) is 18.4. The van der Waals surface area contributed by atoms with E-state index < -0.39 is 0 Å². The summed E-state index contributed by atoms with van der Waals surface area (Å²) >= 11 is 0. The highest BCUT2D eigenvalue weighted by Gasteiger charge is 2.26. The third kappa shape index (κ3) is 9.94. The maximum atomic E-state index is 11.9. The molecule has 0 radical (unpaired) electrons. The number of amides is 1. The Labute approximate surface area is 119 Å². The van der Waals surface area contributed by atoms with Gasteiger partial charge in [-0.2, -0.15) is 0 Å². The van der Waals surface area contributed by atoms with E-state index in [2.05, 4.69) is 45.3 Å². The van der Waals surface area contributed by atoms with Gasteiger partial charge in [-0.1, -0.05) is 54.4 Å². The number of rotatable bonds is 9. The van der Waals surface area contributed by atoms with Crippen LogP contribution in [0.4, 0.5) is 0 Å². The van der Waals surface area contributed by atoms with Gasteiger partial charge in [0.1, 0.15) is 0 Å². The van der Waals surface area contributed by atoms with E-state index in [-0.39, 0.29) is 17.2 Å². The number of carbonyl (C=O) groups is 1. The van der Waals surface area contributed by atoms with E-state index in [0.717, 1.165) is 19.5 Å². The zero-order valence-electron chi connectivity index (χ0n) is 13.8. The van der Waals surface area contributed by atoms with E-state index >= 15 is 0 Å². The molecule has 0 aliphatic heterocycles. The molecule has 0 fully saturated rings. The van der Waals surface area contributed by atoms with Crippen LogP contribution in [0.15, 0.2) is 0 Å². The number of carbonyl (C=O) groups excluding carboxylic acids is 1. The predicted molar refractivity (Wildman–Crippen MR) is 83.2 cm³/mol. The summed E-state index contributed by atoms with van der Waals surface area (Å²) in [7, 11) is 0. The maximum Gasteiger partial charge on any atom is 0.223 e. The lowest BCUT2D eigenvalue weighted by Gasteiger charge is -2.26. The summed E-state index contributed by atoms with van der Waals surface area (Å²) in [5.74, 6) is 0.261. The fourth-order valence-corrected chi connectivity index (χ4v) is 1.75. The molecule has 3 heteroatoms. The molecule has 0 aromatic rings. The van der Waals surface area contributed by atoms with Crippen LogP contribution in [-0.2, 0) is 4.79 Å². The molecular formula is C16H34N2O. The average Bonchev–Trinajstić information content (AvgIpc) is 2.29. The molecule has 0 saturated heterocycles. The van der Waals surface area contributed by atoms with Crippen LogP contribution in [0, 0.1) is 11.3 Å². The van der Waals surface area contributed by atoms with Crippen molar-refractivity contribution in [3.63, 3.8) is 0 Å². The Kier molecular flexibility index (Phi) is 9.07. The molecule has 0 unspecified atom stereocenters. The first-order valence-corrected chi connectivity index (χ1v) is 7.76. The normalized spacial score (nSPS) is 13.6. The van der Waals surface area contributed by atoms with Crippen molar-refractivity contribution in [3.8, 4) is 0 Å². The molecule has 0 bridgehead atoms. The molecule has 2 N–H and O–H groups in total. The number of hydrogen-bond acceptors (Lipinski definition) is 2. The van der Waals surface area contributed by atoms with Gasteiger partial charge in [0.05, 0.1) is 0 Å². The molecule has 0 rings (SSSR count). The second kappa shape index (κ2) is 9.35. The van der Waals surface area contributed by atoms with Gasteiger partial charge < -0.3 is 10.6 Å². The van der Waals surface area contributed by atoms with Crippen LogP contribution in [-0.4, -0.2) is 25.0 Å². The Morgan fingerprint density at radius 2 is 1.47 bits per heavy atom. The summed E-state index contributed by atoms with van der Waals surface area (Å²) in [6.45, 7) is 14.6. The molecule has 0 aliphatic rings. The fourth-order valence-electron chi connectivity index (χ4n) is 1.75. The summed E-state index contributed by atoms with van der Waals surface area (Å²) in [6.07, 6.45) is 4.75. The fraction of sp³-hybridized carbons (Fsp3) is 0.938. The lowest BCUT2D eigenvalue weighted by atomic mass is 9.81. The van der Waals surface area contributed by atoms with Gasteiger partial charge in [0.15, 0.2) is 0 Å². The molecule has 0 heterocycles. The van der Waals surface area contributed by atoms with Crippen molar-refractivity contribution in [1.82, 2.24) is 10.6 Å². The largest absolute Gasteiger partial charge is 0.356 e. The SMILES string of the molecule is CC(C)NCCCCCCNC(=O)[C@@H](C)C(C)(C)C. The summed E-state index contributed by atoms with van der Waals surface area (Å²) in [5.41, 5.74) is 0.0482. The minimum Gasteiger partial charge on any atom is -0.356 e. The van der Waals surface area contributed by atoms with Crippen molar-refractivity contribution < 1.29 is 4.79 Å². The molecule has 3 nitrogen and oxygen atoms in total. The van der Waals surface area contributed by atoms with Crippen molar-refractivity contribution in [3.05, 3.63) is 0 Å². The molecule has 0 spiro atoms. The van der Waals surface area contributed by atoms with Gasteiger partial charge in [0.25, 0.3) is 0 Å². The second-order valence-corrected chi connectivity index (χ2v) is 6.90. The summed E-state index contributed by atoms with van der Waals surface area (Å²) in [4.78, 5) is 11.9. The van der Waals surface area contributed by atoms with Crippen molar-refractivity contribution in [2.24, 2.45) is 11.3 Å². The summed E-state index contributed by atoms with van der Waals surface area (Å²) < 4.78 is 0. The highest BCUT2D eigenvalue weighted by Crippen LogP contribution is 2.25. The average molecular weight is 270 g/mol. The van der Waals surface area contributed by atoms with Crippen LogP contribution in [0.5, 0.6) is 0 Å². The van der Waals surface area contributed by atoms with Gasteiger partial charge in [-0.15, -0.1) is 0 Å². The van der Waals surface area contributed by atoms with Crippen molar-refractivity contribution in [1.29, 1.82) is 0 Å². The van der Waals surface area contributed by atoms with E-state index in [1.165, 1.54) is 19.3 Å². The first-order valence-electron chi connectivity index (χ1n) is 7.76. The lowest BCUT2D eigenvalue weighted by Crippen LogP contribution is -2.36. The molecule has 0 aliphatic carbocycles. The monoisotopic (exact) mass is 270 g/mol. The molecule has 0 aromatic heterocycles. The third-order valence-electron chi connectivity index (χ3n) is 3.65. The standard InChI is InChI=1S/C16H34N2O/c1-13(2)17-11-9-7-8-10-12-18-15(19)14(3)16(4,5)6/h13-14,17H,7-12H2,1-6H3,(H,18,19)/t14-/m1/s1. The van der Waals surface area contributed by atoms with E-state index in [4.69, 9.17) is 0 Å². The minimum absolute atomic E-state index is 0.0482. The molecule has 1 amide bonds. The zero-order chi connectivity index (χ0) is 14.9. The van der Waals surface area contributed by atoms with Crippen molar-refractivity contribution >= 4 is 5.91 Å². The lowest BCUT2D eigenvalue weighted by molar-refractivity contribution is -0.127. The van der Waals surface area contributed by atoms with Gasteiger partial charge in [0.2, 0.25) is 5.91 Å². The summed E-state index contributed by atoms with van der Waals surface area (Å²) in [6, 6.07) is 0.582. The quantitative estimate of drug-likeness (QED) is 0.631. The van der Waals surface area contributed by atoms with Gasteiger partial charge >= 0.3 is 0 Å². The molecule has 0 saturated carbocycles. The van der Waals surface area contributed by atoms with Gasteiger partial charge in [-0.3, -0.25) is 4.79 Å². The molecule has 1 atom stereocenters. The van der Waals surface area contributed by atoms with E-state index in [9.17, 15) is 4.79 Å². The van der Waals surface area contributed by atoms with Crippen LogP contribution in [0.2, 0.25) is 0 Å². The van der Waals surface area contributed by atoms with Gasteiger partial charge in [0, 0.05) is 18.5 Å². The van der Waals surface area contributed by atoms with Gasteiger partial charge in [-0.25, -0.2) is 0 Å². The molecule has 114 valence electrons.